The number of hydrogen-bond acceptors (Lipinski definition) is 1. The van der Waals surface area contributed by atoms with Crippen molar-refractivity contribution in [3.05, 3.63) is 78.0 Å². The molecule has 21 heavy (non-hydrogen) atoms. The molecule has 0 amide bonds. The van der Waals surface area contributed by atoms with E-state index >= 15 is 0 Å². The predicted octanol–water partition coefficient (Wildman–Crippen LogP) is 4.01. The third-order valence-electron chi connectivity index (χ3n) is 3.62. The molecule has 0 bridgehead atoms. The number of H-pyrrole nitrogens is 1. The first-order chi connectivity index (χ1) is 10.4. The SMILES string of the molecule is C(=C\c1ccccc1)/CNCCc1c[nH]c2ccccc12. The number of rotatable bonds is 6. The molecule has 0 aliphatic carbocycles. The third-order valence-corrected chi connectivity index (χ3v) is 3.62. The number of aromatic nitrogens is 1. The molecule has 2 aromatic carbocycles. The Morgan fingerprint density at radius 1 is 0.952 bits per heavy atom. The van der Waals surface area contributed by atoms with Crippen molar-refractivity contribution in [1.29, 1.82) is 0 Å². The number of benzene rings is 2. The largest absolute Gasteiger partial charge is 0.361 e. The highest BCUT2D eigenvalue weighted by Crippen LogP contribution is 2.17. The first kappa shape index (κ1) is 13.7. The second-order valence-corrected chi connectivity index (χ2v) is 5.13. The Balaban J connectivity index is 1.45. The molecule has 0 saturated heterocycles. The molecular formula is C19H20N2. The zero-order valence-electron chi connectivity index (χ0n) is 12.0. The molecule has 2 nitrogen and oxygen atoms in total. The van der Waals surface area contributed by atoms with Crippen molar-refractivity contribution in [3.8, 4) is 0 Å². The van der Waals surface area contributed by atoms with E-state index in [1.807, 2.05) is 6.07 Å². The molecule has 0 fully saturated rings. The van der Waals surface area contributed by atoms with Crippen LogP contribution in [0.5, 0.6) is 0 Å². The monoisotopic (exact) mass is 276 g/mol. The highest BCUT2D eigenvalue weighted by Gasteiger charge is 2.01. The normalized spacial score (nSPS) is 11.4. The minimum Gasteiger partial charge on any atom is -0.361 e. The summed E-state index contributed by atoms with van der Waals surface area (Å²) in [6, 6.07) is 18.8. The minimum atomic E-state index is 0.900. The van der Waals surface area contributed by atoms with Gasteiger partial charge in [0.1, 0.15) is 0 Å². The van der Waals surface area contributed by atoms with E-state index in [1.54, 1.807) is 0 Å². The molecule has 0 radical (unpaired) electrons. The lowest BCUT2D eigenvalue weighted by Gasteiger charge is -2.01. The van der Waals surface area contributed by atoms with Gasteiger partial charge >= 0.3 is 0 Å². The third kappa shape index (κ3) is 3.61. The summed E-state index contributed by atoms with van der Waals surface area (Å²) in [7, 11) is 0. The molecule has 0 aliphatic heterocycles. The lowest BCUT2D eigenvalue weighted by atomic mass is 10.1. The van der Waals surface area contributed by atoms with Crippen molar-refractivity contribution in [2.45, 2.75) is 6.42 Å². The van der Waals surface area contributed by atoms with E-state index in [1.165, 1.54) is 22.0 Å². The molecule has 1 aromatic heterocycles. The number of nitrogens with one attached hydrogen (secondary N) is 2. The maximum atomic E-state index is 3.46. The van der Waals surface area contributed by atoms with Gasteiger partial charge in [-0.3, -0.25) is 0 Å². The fraction of sp³-hybridized carbons (Fsp3) is 0.158. The molecule has 3 aromatic rings. The molecule has 2 heteroatoms. The van der Waals surface area contributed by atoms with Crippen LogP contribution >= 0.6 is 0 Å². The van der Waals surface area contributed by atoms with Gasteiger partial charge < -0.3 is 10.3 Å². The van der Waals surface area contributed by atoms with E-state index in [-0.39, 0.29) is 0 Å². The highest BCUT2D eigenvalue weighted by atomic mass is 14.8. The molecule has 0 aliphatic rings. The van der Waals surface area contributed by atoms with Crippen LogP contribution in [0.1, 0.15) is 11.1 Å². The molecule has 106 valence electrons. The van der Waals surface area contributed by atoms with Crippen LogP contribution in [0.3, 0.4) is 0 Å². The van der Waals surface area contributed by atoms with Gasteiger partial charge in [-0.15, -0.1) is 0 Å². The van der Waals surface area contributed by atoms with Gasteiger partial charge in [-0.2, -0.15) is 0 Å². The van der Waals surface area contributed by atoms with Crippen LogP contribution in [-0.4, -0.2) is 18.1 Å². The Bertz CT molecular complexity index is 711. The van der Waals surface area contributed by atoms with Gasteiger partial charge in [0.05, 0.1) is 0 Å². The summed E-state index contributed by atoms with van der Waals surface area (Å²) in [6.07, 6.45) is 7.48. The lowest BCUT2D eigenvalue weighted by Crippen LogP contribution is -2.16. The number of aromatic amines is 1. The summed E-state index contributed by atoms with van der Waals surface area (Å²) in [5, 5.41) is 4.79. The van der Waals surface area contributed by atoms with Gasteiger partial charge in [-0.25, -0.2) is 0 Å². The van der Waals surface area contributed by atoms with Crippen LogP contribution in [0.4, 0.5) is 0 Å². The van der Waals surface area contributed by atoms with E-state index < -0.39 is 0 Å². The Labute approximate surface area is 125 Å². The van der Waals surface area contributed by atoms with Crippen molar-refractivity contribution in [3.63, 3.8) is 0 Å². The van der Waals surface area contributed by atoms with Gasteiger partial charge in [-0.1, -0.05) is 60.7 Å². The quantitative estimate of drug-likeness (QED) is 0.654. The Hall–Kier alpha value is -2.32. The fourth-order valence-electron chi connectivity index (χ4n) is 2.51. The molecule has 2 N–H and O–H groups in total. The zero-order chi connectivity index (χ0) is 14.3. The van der Waals surface area contributed by atoms with Crippen LogP contribution in [0.15, 0.2) is 66.9 Å². The average molecular weight is 276 g/mol. The van der Waals surface area contributed by atoms with E-state index in [9.17, 15) is 0 Å². The molecular weight excluding hydrogens is 256 g/mol. The highest BCUT2D eigenvalue weighted by molar-refractivity contribution is 5.83. The topological polar surface area (TPSA) is 27.8 Å². The van der Waals surface area contributed by atoms with Crippen LogP contribution in [0.25, 0.3) is 17.0 Å². The molecule has 3 rings (SSSR count). The van der Waals surface area contributed by atoms with E-state index in [0.29, 0.717) is 0 Å². The summed E-state index contributed by atoms with van der Waals surface area (Å²) in [5.74, 6) is 0. The van der Waals surface area contributed by atoms with Crippen molar-refractivity contribution in [2.24, 2.45) is 0 Å². The molecule has 0 atom stereocenters. The van der Waals surface area contributed by atoms with Crippen molar-refractivity contribution < 1.29 is 0 Å². The minimum absolute atomic E-state index is 0.900. The summed E-state index contributed by atoms with van der Waals surface area (Å²) in [4.78, 5) is 3.32. The Morgan fingerprint density at radius 3 is 2.67 bits per heavy atom. The number of hydrogen-bond donors (Lipinski definition) is 2. The van der Waals surface area contributed by atoms with Crippen molar-refractivity contribution in [2.75, 3.05) is 13.1 Å². The van der Waals surface area contributed by atoms with Crippen molar-refractivity contribution in [1.82, 2.24) is 10.3 Å². The van der Waals surface area contributed by atoms with E-state index in [0.717, 1.165) is 19.5 Å². The van der Waals surface area contributed by atoms with Gasteiger partial charge in [0.15, 0.2) is 0 Å². The van der Waals surface area contributed by atoms with Gasteiger partial charge in [0.25, 0.3) is 0 Å². The van der Waals surface area contributed by atoms with Crippen LogP contribution in [0, 0.1) is 0 Å². The summed E-state index contributed by atoms with van der Waals surface area (Å²) >= 11 is 0. The second kappa shape index (κ2) is 6.91. The van der Waals surface area contributed by atoms with E-state index in [2.05, 4.69) is 77.2 Å². The first-order valence-corrected chi connectivity index (χ1v) is 7.41. The number of para-hydroxylation sites is 1. The molecule has 0 saturated carbocycles. The first-order valence-electron chi connectivity index (χ1n) is 7.41. The smallest absolute Gasteiger partial charge is 0.0456 e. The van der Waals surface area contributed by atoms with E-state index in [4.69, 9.17) is 0 Å². The lowest BCUT2D eigenvalue weighted by molar-refractivity contribution is 0.748. The Morgan fingerprint density at radius 2 is 1.76 bits per heavy atom. The average Bonchev–Trinajstić information content (AvgIpc) is 2.95. The zero-order valence-corrected chi connectivity index (χ0v) is 12.0. The van der Waals surface area contributed by atoms with Gasteiger partial charge in [0.2, 0.25) is 0 Å². The summed E-state index contributed by atoms with van der Waals surface area (Å²) in [5.41, 5.74) is 3.84. The Kier molecular flexibility index (Phi) is 4.49. The van der Waals surface area contributed by atoms with Crippen LogP contribution < -0.4 is 5.32 Å². The molecule has 0 spiro atoms. The number of fused-ring (bicyclic) bond motifs is 1. The van der Waals surface area contributed by atoms with Crippen molar-refractivity contribution >= 4 is 17.0 Å². The van der Waals surface area contributed by atoms with Crippen LogP contribution in [0.2, 0.25) is 0 Å². The van der Waals surface area contributed by atoms with Gasteiger partial charge in [-0.05, 0) is 30.2 Å². The maximum Gasteiger partial charge on any atom is 0.0456 e. The van der Waals surface area contributed by atoms with Gasteiger partial charge in [0, 0.05) is 23.6 Å². The van der Waals surface area contributed by atoms with Crippen LogP contribution in [-0.2, 0) is 6.42 Å². The fourth-order valence-corrected chi connectivity index (χ4v) is 2.51. The summed E-state index contributed by atoms with van der Waals surface area (Å²) in [6.45, 7) is 1.89. The predicted molar refractivity (Wildman–Crippen MR) is 90.3 cm³/mol. The maximum absolute atomic E-state index is 3.46. The summed E-state index contributed by atoms with van der Waals surface area (Å²) < 4.78 is 0. The molecule has 1 heterocycles. The molecule has 0 unspecified atom stereocenters. The standard InChI is InChI=1S/C19H20N2/c1-2-7-16(8-3-1)9-6-13-20-14-12-17-15-21-19-11-5-4-10-18(17)19/h1-11,15,20-21H,12-14H2/b9-6+. The second-order valence-electron chi connectivity index (χ2n) is 5.13.